The van der Waals surface area contributed by atoms with E-state index in [1.54, 1.807) is 0 Å². The lowest BCUT2D eigenvalue weighted by Gasteiger charge is -2.13. The van der Waals surface area contributed by atoms with Gasteiger partial charge in [-0.1, -0.05) is 6.07 Å². The van der Waals surface area contributed by atoms with Gasteiger partial charge in [0.15, 0.2) is 11.5 Å². The zero-order valence-corrected chi connectivity index (χ0v) is 13.4. The van der Waals surface area contributed by atoms with E-state index in [-0.39, 0.29) is 5.91 Å². The van der Waals surface area contributed by atoms with Gasteiger partial charge < -0.3 is 19.7 Å². The van der Waals surface area contributed by atoms with E-state index in [1.165, 1.54) is 0 Å². The molecule has 0 aliphatic carbocycles. The zero-order valence-electron chi connectivity index (χ0n) is 13.4. The Kier molecular flexibility index (Phi) is 7.61. The minimum absolute atomic E-state index is 0.0379. The van der Waals surface area contributed by atoms with Crippen molar-refractivity contribution in [2.24, 2.45) is 0 Å². The number of rotatable bonds is 9. The molecule has 0 fully saturated rings. The number of nitrogens with zero attached hydrogens (tertiary/aromatic N) is 1. The van der Waals surface area contributed by atoms with Crippen LogP contribution in [0.1, 0.15) is 19.4 Å². The van der Waals surface area contributed by atoms with Gasteiger partial charge in [0.2, 0.25) is 5.91 Å². The van der Waals surface area contributed by atoms with Crippen molar-refractivity contribution >= 4 is 5.91 Å². The van der Waals surface area contributed by atoms with Crippen molar-refractivity contribution in [3.63, 3.8) is 0 Å². The Bertz CT molecular complexity index is 447. The van der Waals surface area contributed by atoms with Gasteiger partial charge in [-0.3, -0.25) is 4.79 Å². The number of likely N-dealkylation sites (N-methyl/N-ethyl adjacent to an activating group) is 1. The third-order valence-corrected chi connectivity index (χ3v) is 2.80. The van der Waals surface area contributed by atoms with Crippen molar-refractivity contribution in [2.45, 2.75) is 20.3 Å². The summed E-state index contributed by atoms with van der Waals surface area (Å²) in [7, 11) is 3.75. The fourth-order valence-corrected chi connectivity index (χ4v) is 1.94. The predicted octanol–water partition coefficient (Wildman–Crippen LogP) is 1.70. The zero-order chi connectivity index (χ0) is 15.7. The van der Waals surface area contributed by atoms with E-state index >= 15 is 0 Å². The number of hydrogen-bond donors (Lipinski definition) is 1. The number of carbonyl (C=O) groups is 1. The molecule has 118 valence electrons. The fourth-order valence-electron chi connectivity index (χ4n) is 1.94. The van der Waals surface area contributed by atoms with Gasteiger partial charge in [-0.25, -0.2) is 0 Å². The van der Waals surface area contributed by atoms with Gasteiger partial charge in [0, 0.05) is 6.54 Å². The van der Waals surface area contributed by atoms with E-state index in [0.717, 1.165) is 23.5 Å². The molecule has 1 aromatic carbocycles. The minimum Gasteiger partial charge on any atom is -0.490 e. The highest BCUT2D eigenvalue weighted by Crippen LogP contribution is 2.28. The highest BCUT2D eigenvalue weighted by Gasteiger charge is 2.07. The van der Waals surface area contributed by atoms with E-state index in [4.69, 9.17) is 9.47 Å². The first-order valence-corrected chi connectivity index (χ1v) is 7.36. The summed E-state index contributed by atoms with van der Waals surface area (Å²) in [5.41, 5.74) is 1.12. The first kappa shape index (κ1) is 17.3. The molecule has 0 aliphatic heterocycles. The molecule has 1 N–H and O–H groups in total. The molecule has 0 spiro atoms. The summed E-state index contributed by atoms with van der Waals surface area (Å²) in [6.45, 7) is 6.14. The summed E-state index contributed by atoms with van der Waals surface area (Å²) in [6, 6.07) is 5.91. The molecule has 0 saturated heterocycles. The van der Waals surface area contributed by atoms with Crippen molar-refractivity contribution in [2.75, 3.05) is 40.4 Å². The van der Waals surface area contributed by atoms with Gasteiger partial charge in [-0.2, -0.15) is 0 Å². The van der Waals surface area contributed by atoms with Gasteiger partial charge in [0.1, 0.15) is 0 Å². The second kappa shape index (κ2) is 9.23. The Balaban J connectivity index is 2.55. The van der Waals surface area contributed by atoms with E-state index in [1.807, 2.05) is 51.0 Å². The molecule has 0 aliphatic rings. The number of benzene rings is 1. The molecule has 21 heavy (non-hydrogen) atoms. The van der Waals surface area contributed by atoms with Crippen LogP contribution >= 0.6 is 0 Å². The number of amides is 1. The number of ether oxygens (including phenoxy) is 2. The van der Waals surface area contributed by atoms with Crippen LogP contribution in [-0.4, -0.2) is 51.2 Å². The standard InChI is InChI=1S/C16H26N2O3/c1-5-20-14-8-7-13(11-15(14)21-6-2)9-10-17-16(19)12-18(3)4/h7-8,11H,5-6,9-10,12H2,1-4H3,(H,17,19). The second-order valence-corrected chi connectivity index (χ2v) is 4.98. The van der Waals surface area contributed by atoms with Crippen LogP contribution in [0.25, 0.3) is 0 Å². The quantitative estimate of drug-likeness (QED) is 0.753. The smallest absolute Gasteiger partial charge is 0.234 e. The van der Waals surface area contributed by atoms with Crippen LogP contribution in [-0.2, 0) is 11.2 Å². The van der Waals surface area contributed by atoms with E-state index in [2.05, 4.69) is 5.32 Å². The molecule has 1 aromatic rings. The van der Waals surface area contributed by atoms with Gasteiger partial charge >= 0.3 is 0 Å². The normalized spacial score (nSPS) is 10.5. The molecular weight excluding hydrogens is 268 g/mol. The van der Waals surface area contributed by atoms with Crippen LogP contribution in [0, 0.1) is 0 Å². The molecule has 0 unspecified atom stereocenters. The maximum Gasteiger partial charge on any atom is 0.234 e. The average molecular weight is 294 g/mol. The summed E-state index contributed by atoms with van der Waals surface area (Å²) >= 11 is 0. The largest absolute Gasteiger partial charge is 0.490 e. The Morgan fingerprint density at radius 3 is 2.43 bits per heavy atom. The van der Waals surface area contributed by atoms with Crippen molar-refractivity contribution in [1.82, 2.24) is 10.2 Å². The maximum absolute atomic E-state index is 11.6. The van der Waals surface area contributed by atoms with Crippen LogP contribution in [0.5, 0.6) is 11.5 Å². The Hall–Kier alpha value is -1.75. The number of carbonyl (C=O) groups excluding carboxylic acids is 1. The summed E-state index contributed by atoms with van der Waals surface area (Å²) in [6.07, 6.45) is 0.769. The van der Waals surface area contributed by atoms with Crippen LogP contribution in [0.3, 0.4) is 0 Å². The van der Waals surface area contributed by atoms with Crippen LogP contribution in [0.4, 0.5) is 0 Å². The third-order valence-electron chi connectivity index (χ3n) is 2.80. The molecule has 1 rings (SSSR count). The predicted molar refractivity (Wildman–Crippen MR) is 84.0 cm³/mol. The van der Waals surface area contributed by atoms with Gasteiger partial charge in [0.05, 0.1) is 19.8 Å². The number of hydrogen-bond acceptors (Lipinski definition) is 4. The summed E-state index contributed by atoms with van der Waals surface area (Å²) in [5.74, 6) is 1.56. The molecule has 0 saturated carbocycles. The van der Waals surface area contributed by atoms with Crippen molar-refractivity contribution in [3.05, 3.63) is 23.8 Å². The summed E-state index contributed by atoms with van der Waals surface area (Å²) < 4.78 is 11.1. The topological polar surface area (TPSA) is 50.8 Å². The molecule has 1 amide bonds. The molecule has 5 heteroatoms. The SMILES string of the molecule is CCOc1ccc(CCNC(=O)CN(C)C)cc1OCC. The minimum atomic E-state index is 0.0379. The van der Waals surface area contributed by atoms with Crippen molar-refractivity contribution in [3.8, 4) is 11.5 Å². The highest BCUT2D eigenvalue weighted by atomic mass is 16.5. The average Bonchev–Trinajstić information content (AvgIpc) is 2.41. The first-order valence-electron chi connectivity index (χ1n) is 7.36. The van der Waals surface area contributed by atoms with Gasteiger partial charge in [0.25, 0.3) is 0 Å². The van der Waals surface area contributed by atoms with Crippen molar-refractivity contribution in [1.29, 1.82) is 0 Å². The van der Waals surface area contributed by atoms with Crippen LogP contribution in [0.2, 0.25) is 0 Å². The molecular formula is C16H26N2O3. The molecule has 0 bridgehead atoms. The van der Waals surface area contributed by atoms with Crippen LogP contribution in [0.15, 0.2) is 18.2 Å². The molecule has 0 radical (unpaired) electrons. The van der Waals surface area contributed by atoms with Gasteiger partial charge in [-0.05, 0) is 52.1 Å². The summed E-state index contributed by atoms with van der Waals surface area (Å²) in [5, 5.41) is 2.90. The van der Waals surface area contributed by atoms with Crippen molar-refractivity contribution < 1.29 is 14.3 Å². The third kappa shape index (κ3) is 6.49. The van der Waals surface area contributed by atoms with E-state index < -0.39 is 0 Å². The van der Waals surface area contributed by atoms with E-state index in [0.29, 0.717) is 26.3 Å². The Morgan fingerprint density at radius 1 is 1.14 bits per heavy atom. The van der Waals surface area contributed by atoms with Crippen LogP contribution < -0.4 is 14.8 Å². The molecule has 0 aromatic heterocycles. The monoisotopic (exact) mass is 294 g/mol. The van der Waals surface area contributed by atoms with Gasteiger partial charge in [-0.15, -0.1) is 0 Å². The Morgan fingerprint density at radius 2 is 1.81 bits per heavy atom. The number of nitrogens with one attached hydrogen (secondary N) is 1. The lowest BCUT2D eigenvalue weighted by molar-refractivity contribution is -0.121. The molecule has 5 nitrogen and oxygen atoms in total. The lowest BCUT2D eigenvalue weighted by Crippen LogP contribution is -2.34. The first-order chi connectivity index (χ1) is 10.1. The molecule has 0 atom stereocenters. The molecule has 0 heterocycles. The Labute approximate surface area is 127 Å². The lowest BCUT2D eigenvalue weighted by atomic mass is 10.1. The second-order valence-electron chi connectivity index (χ2n) is 4.98. The summed E-state index contributed by atoms with van der Waals surface area (Å²) in [4.78, 5) is 13.4. The maximum atomic E-state index is 11.6. The highest BCUT2D eigenvalue weighted by molar-refractivity contribution is 5.77. The van der Waals surface area contributed by atoms with E-state index in [9.17, 15) is 4.79 Å². The fraction of sp³-hybridized carbons (Fsp3) is 0.562.